The SMILES string of the molecule is C=CCn1c(SCC(=O)Nc2cccc(F)c2)nc2nc(N(CC)CC)sc2c1=O. The minimum absolute atomic E-state index is 0.0125. The van der Waals surface area contributed by atoms with Crippen LogP contribution in [0.4, 0.5) is 15.2 Å². The molecule has 0 aliphatic carbocycles. The first-order valence-corrected chi connectivity index (χ1v) is 11.2. The molecule has 0 aliphatic heterocycles. The van der Waals surface area contributed by atoms with Gasteiger partial charge in [-0.25, -0.2) is 9.37 Å². The molecule has 0 atom stereocenters. The van der Waals surface area contributed by atoms with E-state index in [0.29, 0.717) is 21.2 Å². The van der Waals surface area contributed by atoms with Crippen LogP contribution in [0.3, 0.4) is 0 Å². The van der Waals surface area contributed by atoms with Crippen molar-refractivity contribution in [3.63, 3.8) is 0 Å². The number of anilines is 2. The maximum absolute atomic E-state index is 13.3. The lowest BCUT2D eigenvalue weighted by Crippen LogP contribution is -2.23. The van der Waals surface area contributed by atoms with Crippen LogP contribution >= 0.6 is 23.1 Å². The molecule has 0 fully saturated rings. The second kappa shape index (κ2) is 9.86. The number of nitrogens with zero attached hydrogens (tertiary/aromatic N) is 4. The zero-order valence-corrected chi connectivity index (χ0v) is 18.4. The molecule has 30 heavy (non-hydrogen) atoms. The van der Waals surface area contributed by atoms with Gasteiger partial charge in [0.1, 0.15) is 10.5 Å². The molecule has 1 N–H and O–H groups in total. The summed E-state index contributed by atoms with van der Waals surface area (Å²) >= 11 is 2.44. The van der Waals surface area contributed by atoms with Crippen molar-refractivity contribution in [3.05, 3.63) is 53.1 Å². The van der Waals surface area contributed by atoms with Crippen LogP contribution in [0.25, 0.3) is 10.3 Å². The Kier molecular flexibility index (Phi) is 7.22. The van der Waals surface area contributed by atoms with Crippen LogP contribution in [0.5, 0.6) is 0 Å². The lowest BCUT2D eigenvalue weighted by molar-refractivity contribution is -0.113. The molecule has 3 aromatic rings. The van der Waals surface area contributed by atoms with Crippen molar-refractivity contribution in [1.29, 1.82) is 0 Å². The van der Waals surface area contributed by atoms with E-state index in [1.54, 1.807) is 12.1 Å². The summed E-state index contributed by atoms with van der Waals surface area (Å²) in [6, 6.07) is 5.67. The summed E-state index contributed by atoms with van der Waals surface area (Å²) in [5, 5.41) is 3.77. The third-order valence-corrected chi connectivity index (χ3v) is 6.33. The second-order valence-electron chi connectivity index (χ2n) is 6.27. The Balaban J connectivity index is 1.86. The summed E-state index contributed by atoms with van der Waals surface area (Å²) < 4.78 is 15.3. The van der Waals surface area contributed by atoms with E-state index in [1.807, 2.05) is 13.8 Å². The van der Waals surface area contributed by atoms with Crippen LogP contribution in [-0.2, 0) is 11.3 Å². The van der Waals surface area contributed by atoms with Gasteiger partial charge in [-0.2, -0.15) is 4.98 Å². The fraction of sp³-hybridized carbons (Fsp3) is 0.300. The first-order valence-electron chi connectivity index (χ1n) is 9.42. The Bertz CT molecular complexity index is 1120. The van der Waals surface area contributed by atoms with Gasteiger partial charge in [-0.1, -0.05) is 35.2 Å². The minimum atomic E-state index is -0.431. The van der Waals surface area contributed by atoms with E-state index in [-0.39, 0.29) is 23.8 Å². The first-order chi connectivity index (χ1) is 14.5. The third kappa shape index (κ3) is 4.88. The number of amides is 1. The molecule has 2 aromatic heterocycles. The topological polar surface area (TPSA) is 80.1 Å². The smallest absolute Gasteiger partial charge is 0.274 e. The predicted molar refractivity (Wildman–Crippen MR) is 121 cm³/mol. The van der Waals surface area contributed by atoms with Crippen molar-refractivity contribution >= 4 is 50.2 Å². The summed E-state index contributed by atoms with van der Waals surface area (Å²) in [6.45, 7) is 9.58. The zero-order valence-electron chi connectivity index (χ0n) is 16.7. The van der Waals surface area contributed by atoms with Gasteiger partial charge in [-0.3, -0.25) is 14.2 Å². The molecule has 0 aliphatic rings. The molecule has 1 aromatic carbocycles. The molecule has 0 radical (unpaired) electrons. The number of allylic oxidation sites excluding steroid dienone is 1. The van der Waals surface area contributed by atoms with E-state index in [4.69, 9.17) is 0 Å². The lowest BCUT2D eigenvalue weighted by atomic mass is 10.3. The van der Waals surface area contributed by atoms with Gasteiger partial charge >= 0.3 is 0 Å². The van der Waals surface area contributed by atoms with Gasteiger partial charge in [-0.05, 0) is 32.0 Å². The molecule has 0 spiro atoms. The molecule has 10 heteroatoms. The minimum Gasteiger partial charge on any atom is -0.349 e. The normalized spacial score (nSPS) is 10.9. The van der Waals surface area contributed by atoms with E-state index in [1.165, 1.54) is 34.1 Å². The van der Waals surface area contributed by atoms with Gasteiger partial charge < -0.3 is 10.2 Å². The predicted octanol–water partition coefficient (Wildman–Crippen LogP) is 3.76. The van der Waals surface area contributed by atoms with Crippen molar-refractivity contribution in [1.82, 2.24) is 14.5 Å². The van der Waals surface area contributed by atoms with E-state index >= 15 is 0 Å². The lowest BCUT2D eigenvalue weighted by Gasteiger charge is -2.15. The number of benzene rings is 1. The summed E-state index contributed by atoms with van der Waals surface area (Å²) in [6.07, 6.45) is 1.61. The molecule has 0 saturated heterocycles. The highest BCUT2D eigenvalue weighted by Gasteiger charge is 2.18. The summed E-state index contributed by atoms with van der Waals surface area (Å²) in [5.74, 6) is -0.745. The van der Waals surface area contributed by atoms with Crippen molar-refractivity contribution in [2.45, 2.75) is 25.5 Å². The van der Waals surface area contributed by atoms with Crippen LogP contribution < -0.4 is 15.8 Å². The largest absolute Gasteiger partial charge is 0.349 e. The molecule has 3 rings (SSSR count). The maximum atomic E-state index is 13.3. The number of rotatable bonds is 9. The van der Waals surface area contributed by atoms with Gasteiger partial charge in [-0.15, -0.1) is 6.58 Å². The highest BCUT2D eigenvalue weighted by molar-refractivity contribution is 7.99. The van der Waals surface area contributed by atoms with Gasteiger partial charge in [0.05, 0.1) is 5.75 Å². The van der Waals surface area contributed by atoms with Crippen LogP contribution in [-0.4, -0.2) is 39.3 Å². The fourth-order valence-corrected chi connectivity index (χ4v) is 4.68. The van der Waals surface area contributed by atoms with Crippen LogP contribution in [0, 0.1) is 5.82 Å². The maximum Gasteiger partial charge on any atom is 0.274 e. The average Bonchev–Trinajstić information content (AvgIpc) is 3.14. The van der Waals surface area contributed by atoms with Gasteiger partial charge in [0.2, 0.25) is 5.91 Å². The Hall–Kier alpha value is -2.72. The number of carbonyl (C=O) groups is 1. The molecule has 0 unspecified atom stereocenters. The number of fused-ring (bicyclic) bond motifs is 1. The monoisotopic (exact) mass is 447 g/mol. The molecule has 0 saturated carbocycles. The molecule has 7 nitrogen and oxygen atoms in total. The number of nitrogens with one attached hydrogen (secondary N) is 1. The number of hydrogen-bond acceptors (Lipinski definition) is 7. The zero-order chi connectivity index (χ0) is 21.7. The van der Waals surface area contributed by atoms with E-state index in [9.17, 15) is 14.0 Å². The van der Waals surface area contributed by atoms with E-state index in [2.05, 4.69) is 26.8 Å². The Morgan fingerprint density at radius 3 is 2.80 bits per heavy atom. The van der Waals surface area contributed by atoms with Crippen molar-refractivity contribution in [2.75, 3.05) is 29.1 Å². The number of aromatic nitrogens is 3. The standard InChI is InChI=1S/C20H22FN5O2S2/c1-4-10-26-18(28)16-17(23-19(30-16)25(5-2)6-3)24-20(26)29-12-15(27)22-14-9-7-8-13(21)11-14/h4,7-9,11H,1,5-6,10,12H2,2-3H3,(H,22,27). The summed E-state index contributed by atoms with van der Waals surface area (Å²) in [7, 11) is 0. The van der Waals surface area contributed by atoms with Gasteiger partial charge in [0.15, 0.2) is 15.9 Å². The number of halogens is 1. The summed E-state index contributed by atoms with van der Waals surface area (Å²) in [4.78, 5) is 36.4. The van der Waals surface area contributed by atoms with Crippen molar-refractivity contribution in [2.24, 2.45) is 0 Å². The Morgan fingerprint density at radius 1 is 1.37 bits per heavy atom. The fourth-order valence-electron chi connectivity index (χ4n) is 2.80. The molecular weight excluding hydrogens is 425 g/mol. The second-order valence-corrected chi connectivity index (χ2v) is 8.19. The van der Waals surface area contributed by atoms with Crippen molar-refractivity contribution < 1.29 is 9.18 Å². The molecule has 0 bridgehead atoms. The van der Waals surface area contributed by atoms with Crippen LogP contribution in [0.1, 0.15) is 13.8 Å². The van der Waals surface area contributed by atoms with Crippen LogP contribution in [0.2, 0.25) is 0 Å². The van der Waals surface area contributed by atoms with Gasteiger partial charge in [0.25, 0.3) is 5.56 Å². The summed E-state index contributed by atoms with van der Waals surface area (Å²) in [5.41, 5.74) is 0.542. The molecule has 158 valence electrons. The Labute approximate surface area is 181 Å². The number of carbonyl (C=O) groups excluding carboxylic acids is 1. The van der Waals surface area contributed by atoms with Crippen molar-refractivity contribution in [3.8, 4) is 0 Å². The van der Waals surface area contributed by atoms with E-state index < -0.39 is 5.82 Å². The number of thiazole rings is 1. The first kappa shape index (κ1) is 22.0. The molecular formula is C20H22FN5O2S2. The van der Waals surface area contributed by atoms with E-state index in [0.717, 1.165) is 30.0 Å². The number of hydrogen-bond donors (Lipinski definition) is 1. The quantitative estimate of drug-likeness (QED) is 0.306. The third-order valence-electron chi connectivity index (χ3n) is 4.26. The average molecular weight is 448 g/mol. The highest BCUT2D eigenvalue weighted by Crippen LogP contribution is 2.27. The molecule has 2 heterocycles. The molecule has 1 amide bonds. The number of thioether (sulfide) groups is 1. The van der Waals surface area contributed by atoms with Gasteiger partial charge in [0, 0.05) is 25.3 Å². The highest BCUT2D eigenvalue weighted by atomic mass is 32.2. The van der Waals surface area contributed by atoms with Crippen LogP contribution in [0.15, 0.2) is 46.9 Å². The Morgan fingerprint density at radius 2 is 2.13 bits per heavy atom.